The number of nitrogens with one attached hydrogen (secondary N) is 1. The first kappa shape index (κ1) is 13.6. The van der Waals surface area contributed by atoms with Gasteiger partial charge < -0.3 is 14.9 Å². The lowest BCUT2D eigenvalue weighted by Gasteiger charge is -2.28. The van der Waals surface area contributed by atoms with Gasteiger partial charge in [-0.1, -0.05) is 0 Å². The molecule has 0 heterocycles. The van der Waals surface area contributed by atoms with Crippen LogP contribution in [-0.2, 0) is 4.74 Å². The highest BCUT2D eigenvalue weighted by molar-refractivity contribution is 5.84. The molecule has 0 aliphatic heterocycles. The zero-order valence-electron chi connectivity index (χ0n) is 10.3. The normalized spacial score (nSPS) is 26.7. The second kappa shape index (κ2) is 5.88. The number of hydrogen-bond donors (Lipinski definition) is 3. The molecule has 0 saturated heterocycles. The van der Waals surface area contributed by atoms with Gasteiger partial charge in [0.25, 0.3) is 0 Å². The van der Waals surface area contributed by atoms with Gasteiger partial charge in [0.05, 0.1) is 6.10 Å². The summed E-state index contributed by atoms with van der Waals surface area (Å²) < 4.78 is 18.5. The van der Waals surface area contributed by atoms with Crippen LogP contribution in [0, 0.1) is 0 Å². The third kappa shape index (κ3) is 3.82. The first-order valence-corrected chi connectivity index (χ1v) is 6.13. The third-order valence-corrected chi connectivity index (χ3v) is 3.06. The van der Waals surface area contributed by atoms with Gasteiger partial charge in [-0.2, -0.15) is 0 Å². The van der Waals surface area contributed by atoms with Crippen molar-refractivity contribution in [3.63, 3.8) is 0 Å². The number of phenols is 1. The van der Waals surface area contributed by atoms with E-state index in [-0.39, 0.29) is 12.2 Å². The Morgan fingerprint density at radius 3 is 2.63 bits per heavy atom. The lowest BCUT2D eigenvalue weighted by Crippen LogP contribution is -2.37. The predicted octanol–water partition coefficient (Wildman–Crippen LogP) is 2.19. The van der Waals surface area contributed by atoms with E-state index in [1.54, 1.807) is 0 Å². The Morgan fingerprint density at radius 2 is 2.00 bits per heavy atom. The molecule has 5 nitrogen and oxygen atoms in total. The van der Waals surface area contributed by atoms with Crippen LogP contribution in [0.2, 0.25) is 0 Å². The van der Waals surface area contributed by atoms with E-state index in [1.165, 1.54) is 24.3 Å². The number of ether oxygens (including phenoxy) is 1. The molecule has 0 bridgehead atoms. The number of halogens is 1. The standard InChI is InChI=1S/C13H16FNO4/c14-11-7-10(17)5-6-12(11)19-13(18)15-8-1-3-9(16)4-2-8/h1-4,10-12,16-17H,5-7H2,(H,15,18)/t10-,11-,12-/m1/s1. The van der Waals surface area contributed by atoms with Crippen molar-refractivity contribution in [1.82, 2.24) is 0 Å². The number of anilines is 1. The Kier molecular flexibility index (Phi) is 4.21. The predicted molar refractivity (Wildman–Crippen MR) is 66.8 cm³/mol. The highest BCUT2D eigenvalue weighted by Gasteiger charge is 2.32. The summed E-state index contributed by atoms with van der Waals surface area (Å²) in [5.74, 6) is 0.0870. The molecule has 2 rings (SSSR count). The fraction of sp³-hybridized carbons (Fsp3) is 0.462. The molecule has 1 aliphatic rings. The fourth-order valence-corrected chi connectivity index (χ4v) is 2.03. The Balaban J connectivity index is 1.85. The molecule has 1 amide bonds. The van der Waals surface area contributed by atoms with E-state index in [2.05, 4.69) is 5.32 Å². The molecule has 0 unspecified atom stereocenters. The van der Waals surface area contributed by atoms with Crippen molar-refractivity contribution in [3.05, 3.63) is 24.3 Å². The van der Waals surface area contributed by atoms with Crippen molar-refractivity contribution in [2.75, 3.05) is 5.32 Å². The molecule has 1 aromatic rings. The second-order valence-electron chi connectivity index (χ2n) is 4.60. The molecule has 1 aliphatic carbocycles. The molecule has 1 fully saturated rings. The van der Waals surface area contributed by atoms with Crippen LogP contribution in [0.15, 0.2) is 24.3 Å². The second-order valence-corrected chi connectivity index (χ2v) is 4.60. The van der Waals surface area contributed by atoms with Crippen LogP contribution in [0.25, 0.3) is 0 Å². The number of alkyl halides is 1. The number of aliphatic hydroxyl groups is 1. The monoisotopic (exact) mass is 269 g/mol. The smallest absolute Gasteiger partial charge is 0.411 e. The minimum absolute atomic E-state index is 0.00282. The highest BCUT2D eigenvalue weighted by Crippen LogP contribution is 2.24. The van der Waals surface area contributed by atoms with Gasteiger partial charge >= 0.3 is 6.09 Å². The number of rotatable bonds is 2. The molecule has 104 valence electrons. The van der Waals surface area contributed by atoms with Gasteiger partial charge in [0, 0.05) is 12.1 Å². The van der Waals surface area contributed by atoms with Crippen molar-refractivity contribution >= 4 is 11.8 Å². The molecule has 1 saturated carbocycles. The lowest BCUT2D eigenvalue weighted by molar-refractivity contribution is -0.0162. The van der Waals surface area contributed by atoms with Crippen molar-refractivity contribution in [2.24, 2.45) is 0 Å². The molecule has 3 N–H and O–H groups in total. The molecule has 3 atom stereocenters. The number of phenolic OH excluding ortho intramolecular Hbond substituents is 1. The van der Waals surface area contributed by atoms with Gasteiger partial charge in [-0.15, -0.1) is 0 Å². The van der Waals surface area contributed by atoms with Gasteiger partial charge in [0.1, 0.15) is 18.0 Å². The van der Waals surface area contributed by atoms with Crippen LogP contribution in [0.3, 0.4) is 0 Å². The van der Waals surface area contributed by atoms with Crippen molar-refractivity contribution in [1.29, 1.82) is 0 Å². The summed E-state index contributed by atoms with van der Waals surface area (Å²) >= 11 is 0. The topological polar surface area (TPSA) is 78.8 Å². The first-order valence-electron chi connectivity index (χ1n) is 6.13. The Labute approximate surface area is 110 Å². The molecule has 19 heavy (non-hydrogen) atoms. The maximum Gasteiger partial charge on any atom is 0.411 e. The van der Waals surface area contributed by atoms with Crippen molar-refractivity contribution in [3.8, 4) is 5.75 Å². The van der Waals surface area contributed by atoms with Gasteiger partial charge in [0.15, 0.2) is 0 Å². The van der Waals surface area contributed by atoms with E-state index in [0.29, 0.717) is 18.5 Å². The summed E-state index contributed by atoms with van der Waals surface area (Å²) in [4.78, 5) is 11.6. The van der Waals surface area contributed by atoms with Crippen LogP contribution in [-0.4, -0.2) is 34.7 Å². The molecule has 6 heteroatoms. The molecular formula is C13H16FNO4. The number of aliphatic hydroxyl groups excluding tert-OH is 1. The molecular weight excluding hydrogens is 253 g/mol. The van der Waals surface area contributed by atoms with Crippen LogP contribution in [0.1, 0.15) is 19.3 Å². The molecule has 1 aromatic carbocycles. The van der Waals surface area contributed by atoms with Crippen LogP contribution in [0.5, 0.6) is 5.75 Å². The van der Waals surface area contributed by atoms with E-state index >= 15 is 0 Å². The number of amides is 1. The Hall–Kier alpha value is -1.82. The summed E-state index contributed by atoms with van der Waals surface area (Å²) in [6, 6.07) is 5.86. The van der Waals surface area contributed by atoms with Gasteiger partial charge in [-0.25, -0.2) is 9.18 Å². The highest BCUT2D eigenvalue weighted by atomic mass is 19.1. The Bertz CT molecular complexity index is 437. The summed E-state index contributed by atoms with van der Waals surface area (Å²) in [7, 11) is 0. The van der Waals surface area contributed by atoms with Gasteiger partial charge in [-0.05, 0) is 37.1 Å². The van der Waals surface area contributed by atoms with Crippen molar-refractivity contribution in [2.45, 2.75) is 37.6 Å². The van der Waals surface area contributed by atoms with E-state index in [9.17, 15) is 14.3 Å². The van der Waals surface area contributed by atoms with Gasteiger partial charge in [0.2, 0.25) is 0 Å². The zero-order valence-corrected chi connectivity index (χ0v) is 10.3. The van der Waals surface area contributed by atoms with Crippen LogP contribution in [0.4, 0.5) is 14.9 Å². The van der Waals surface area contributed by atoms with E-state index in [1.807, 2.05) is 0 Å². The average Bonchev–Trinajstić information content (AvgIpc) is 2.36. The van der Waals surface area contributed by atoms with Crippen LogP contribution >= 0.6 is 0 Å². The zero-order chi connectivity index (χ0) is 13.8. The molecule has 0 radical (unpaired) electrons. The molecule has 0 aromatic heterocycles. The number of aromatic hydroxyl groups is 1. The Morgan fingerprint density at radius 1 is 1.32 bits per heavy atom. The summed E-state index contributed by atoms with van der Waals surface area (Å²) in [5.41, 5.74) is 0.453. The maximum atomic E-state index is 13.6. The number of hydrogen-bond acceptors (Lipinski definition) is 4. The fourth-order valence-electron chi connectivity index (χ4n) is 2.03. The number of carbonyl (C=O) groups excluding carboxylic acids is 1. The van der Waals surface area contributed by atoms with E-state index in [0.717, 1.165) is 0 Å². The average molecular weight is 269 g/mol. The number of carbonyl (C=O) groups is 1. The molecule has 0 spiro atoms. The summed E-state index contributed by atoms with van der Waals surface area (Å²) in [5, 5.41) is 20.8. The van der Waals surface area contributed by atoms with E-state index < -0.39 is 24.5 Å². The largest absolute Gasteiger partial charge is 0.508 e. The summed E-state index contributed by atoms with van der Waals surface area (Å²) in [6.07, 6.45) is -2.82. The van der Waals surface area contributed by atoms with Crippen molar-refractivity contribution < 1.29 is 24.1 Å². The maximum absolute atomic E-state index is 13.6. The minimum atomic E-state index is -1.34. The quantitative estimate of drug-likeness (QED) is 0.719. The SMILES string of the molecule is O=C(Nc1ccc(O)cc1)O[C@@H]1CC[C@@H](O)C[C@H]1F. The van der Waals surface area contributed by atoms with Crippen LogP contribution < -0.4 is 5.32 Å². The minimum Gasteiger partial charge on any atom is -0.508 e. The third-order valence-electron chi connectivity index (χ3n) is 3.06. The van der Waals surface area contributed by atoms with E-state index in [4.69, 9.17) is 9.84 Å². The lowest BCUT2D eigenvalue weighted by atomic mass is 9.93. The first-order chi connectivity index (χ1) is 9.04. The number of benzene rings is 1. The van der Waals surface area contributed by atoms with Gasteiger partial charge in [-0.3, -0.25) is 5.32 Å². The summed E-state index contributed by atoms with van der Waals surface area (Å²) in [6.45, 7) is 0.